The second-order valence-electron chi connectivity index (χ2n) is 5.09. The Kier molecular flexibility index (Phi) is 8.80. The van der Waals surface area contributed by atoms with Gasteiger partial charge in [-0.3, -0.25) is 4.99 Å². The van der Waals surface area contributed by atoms with E-state index in [1.165, 1.54) is 11.1 Å². The average molecular weight is 375 g/mol. The summed E-state index contributed by atoms with van der Waals surface area (Å²) in [5, 5.41) is 6.72. The van der Waals surface area contributed by atoms with E-state index in [4.69, 9.17) is 0 Å². The molecule has 0 bridgehead atoms. The summed E-state index contributed by atoms with van der Waals surface area (Å²) in [5.74, 6) is 1.44. The number of nitrogens with one attached hydrogen (secondary N) is 2. The summed E-state index contributed by atoms with van der Waals surface area (Å²) in [7, 11) is 1.80. The van der Waals surface area contributed by atoms with Gasteiger partial charge in [-0.2, -0.15) is 0 Å². The summed E-state index contributed by atoms with van der Waals surface area (Å²) in [4.78, 5) is 4.24. The number of hydrogen-bond acceptors (Lipinski definition) is 1. The van der Waals surface area contributed by atoms with Crippen LogP contribution in [-0.2, 0) is 6.54 Å². The molecule has 1 unspecified atom stereocenters. The van der Waals surface area contributed by atoms with Crippen molar-refractivity contribution in [1.29, 1.82) is 0 Å². The Bertz CT molecular complexity index is 385. The van der Waals surface area contributed by atoms with E-state index in [2.05, 4.69) is 67.6 Å². The lowest BCUT2D eigenvalue weighted by Gasteiger charge is -2.20. The molecule has 2 N–H and O–H groups in total. The van der Waals surface area contributed by atoms with Crippen molar-refractivity contribution in [3.8, 4) is 0 Å². The van der Waals surface area contributed by atoms with E-state index in [9.17, 15) is 0 Å². The van der Waals surface area contributed by atoms with Crippen LogP contribution in [0.25, 0.3) is 0 Å². The van der Waals surface area contributed by atoms with E-state index in [-0.39, 0.29) is 24.0 Å². The molecule has 0 aliphatic carbocycles. The number of halogens is 1. The third-order valence-electron chi connectivity index (χ3n) is 3.17. The summed E-state index contributed by atoms with van der Waals surface area (Å²) in [6, 6.07) is 8.95. The van der Waals surface area contributed by atoms with Crippen molar-refractivity contribution in [2.24, 2.45) is 10.9 Å². The lowest BCUT2D eigenvalue weighted by atomic mass is 10.1. The van der Waals surface area contributed by atoms with E-state index in [1.807, 2.05) is 0 Å². The van der Waals surface area contributed by atoms with Gasteiger partial charge >= 0.3 is 0 Å². The normalized spacial score (nSPS) is 12.8. The van der Waals surface area contributed by atoms with Crippen molar-refractivity contribution in [3.63, 3.8) is 0 Å². The Hall–Kier alpha value is -0.780. The summed E-state index contributed by atoms with van der Waals surface area (Å²) in [6.07, 6.45) is 0. The molecule has 1 aromatic rings. The average Bonchev–Trinajstić information content (AvgIpc) is 2.35. The molecule has 0 fully saturated rings. The SMILES string of the molecule is CN=C(NCc1ccc(C)cc1)NC(C)C(C)C.I. The fraction of sp³-hybridized carbons (Fsp3) is 0.533. The van der Waals surface area contributed by atoms with Crippen LogP contribution in [0.5, 0.6) is 0 Å². The van der Waals surface area contributed by atoms with Crippen LogP contribution in [0.1, 0.15) is 31.9 Å². The zero-order valence-corrected chi connectivity index (χ0v) is 14.9. The van der Waals surface area contributed by atoms with Gasteiger partial charge in [0.25, 0.3) is 0 Å². The van der Waals surface area contributed by atoms with Crippen molar-refractivity contribution in [2.75, 3.05) is 7.05 Å². The first-order valence-electron chi connectivity index (χ1n) is 6.55. The topological polar surface area (TPSA) is 36.4 Å². The van der Waals surface area contributed by atoms with Crippen LogP contribution >= 0.6 is 24.0 Å². The maximum absolute atomic E-state index is 4.24. The van der Waals surface area contributed by atoms with E-state index >= 15 is 0 Å². The molecule has 3 nitrogen and oxygen atoms in total. The number of aliphatic imine (C=N–C) groups is 1. The minimum absolute atomic E-state index is 0. The van der Waals surface area contributed by atoms with Crippen LogP contribution in [-0.4, -0.2) is 19.0 Å². The Balaban J connectivity index is 0.00000324. The molecule has 1 rings (SSSR count). The lowest BCUT2D eigenvalue weighted by molar-refractivity contribution is 0.481. The standard InChI is InChI=1S/C15H25N3.HI/c1-11(2)13(4)18-15(16-5)17-10-14-8-6-12(3)7-9-14;/h6-9,11,13H,10H2,1-5H3,(H2,16,17,18);1H. The van der Waals surface area contributed by atoms with Gasteiger partial charge in [0.2, 0.25) is 0 Å². The molecular formula is C15H26IN3. The molecule has 108 valence electrons. The third-order valence-corrected chi connectivity index (χ3v) is 3.17. The van der Waals surface area contributed by atoms with Crippen molar-refractivity contribution in [1.82, 2.24) is 10.6 Å². The fourth-order valence-electron chi connectivity index (χ4n) is 1.47. The van der Waals surface area contributed by atoms with E-state index < -0.39 is 0 Å². The molecule has 0 radical (unpaired) electrons. The molecule has 4 heteroatoms. The number of rotatable bonds is 4. The minimum Gasteiger partial charge on any atom is -0.354 e. The van der Waals surface area contributed by atoms with Gasteiger partial charge in [-0.25, -0.2) is 0 Å². The summed E-state index contributed by atoms with van der Waals surface area (Å²) in [5.41, 5.74) is 2.55. The van der Waals surface area contributed by atoms with Crippen LogP contribution in [0.15, 0.2) is 29.3 Å². The van der Waals surface area contributed by atoms with Gasteiger partial charge in [0.15, 0.2) is 5.96 Å². The highest BCUT2D eigenvalue weighted by molar-refractivity contribution is 14.0. The number of guanidine groups is 1. The van der Waals surface area contributed by atoms with Crippen molar-refractivity contribution in [3.05, 3.63) is 35.4 Å². The van der Waals surface area contributed by atoms with Crippen molar-refractivity contribution in [2.45, 2.75) is 40.3 Å². The monoisotopic (exact) mass is 375 g/mol. The second-order valence-corrected chi connectivity index (χ2v) is 5.09. The summed E-state index contributed by atoms with van der Waals surface area (Å²) >= 11 is 0. The van der Waals surface area contributed by atoms with E-state index in [0.717, 1.165) is 12.5 Å². The number of benzene rings is 1. The van der Waals surface area contributed by atoms with Gasteiger partial charge < -0.3 is 10.6 Å². The molecule has 0 heterocycles. The van der Waals surface area contributed by atoms with Gasteiger partial charge in [0.05, 0.1) is 0 Å². The smallest absolute Gasteiger partial charge is 0.191 e. The molecule has 1 aromatic carbocycles. The molecule has 19 heavy (non-hydrogen) atoms. The highest BCUT2D eigenvalue weighted by Crippen LogP contribution is 2.03. The Morgan fingerprint density at radius 1 is 1.16 bits per heavy atom. The van der Waals surface area contributed by atoms with Crippen LogP contribution in [0.3, 0.4) is 0 Å². The van der Waals surface area contributed by atoms with Gasteiger partial charge in [0, 0.05) is 19.6 Å². The summed E-state index contributed by atoms with van der Waals surface area (Å²) in [6.45, 7) is 9.46. The largest absolute Gasteiger partial charge is 0.354 e. The minimum atomic E-state index is 0. The van der Waals surface area contributed by atoms with Gasteiger partial charge in [-0.15, -0.1) is 24.0 Å². The van der Waals surface area contributed by atoms with Gasteiger partial charge in [-0.1, -0.05) is 43.7 Å². The molecule has 0 saturated carbocycles. The van der Waals surface area contributed by atoms with Crippen LogP contribution in [0.2, 0.25) is 0 Å². The highest BCUT2D eigenvalue weighted by atomic mass is 127. The quantitative estimate of drug-likeness (QED) is 0.481. The molecule has 1 atom stereocenters. The van der Waals surface area contributed by atoms with Crippen LogP contribution < -0.4 is 10.6 Å². The maximum atomic E-state index is 4.24. The molecule has 0 amide bonds. The van der Waals surface area contributed by atoms with Gasteiger partial charge in [0.1, 0.15) is 0 Å². The van der Waals surface area contributed by atoms with Crippen molar-refractivity contribution >= 4 is 29.9 Å². The maximum Gasteiger partial charge on any atom is 0.191 e. The predicted octanol–water partition coefficient (Wildman–Crippen LogP) is 3.32. The van der Waals surface area contributed by atoms with Gasteiger partial charge in [-0.05, 0) is 25.3 Å². The zero-order chi connectivity index (χ0) is 13.5. The zero-order valence-electron chi connectivity index (χ0n) is 12.5. The fourth-order valence-corrected chi connectivity index (χ4v) is 1.47. The Morgan fingerprint density at radius 2 is 1.74 bits per heavy atom. The van der Waals surface area contributed by atoms with Crippen LogP contribution in [0.4, 0.5) is 0 Å². The lowest BCUT2D eigenvalue weighted by Crippen LogP contribution is -2.43. The number of aryl methyl sites for hydroxylation is 1. The predicted molar refractivity (Wildman–Crippen MR) is 94.2 cm³/mol. The van der Waals surface area contributed by atoms with Crippen LogP contribution in [0, 0.1) is 12.8 Å². The Labute approximate surface area is 134 Å². The van der Waals surface area contributed by atoms with E-state index in [1.54, 1.807) is 7.05 Å². The first kappa shape index (κ1) is 18.2. The summed E-state index contributed by atoms with van der Waals surface area (Å²) < 4.78 is 0. The number of nitrogens with zero attached hydrogens (tertiary/aromatic N) is 1. The molecule has 0 saturated heterocycles. The van der Waals surface area contributed by atoms with Crippen molar-refractivity contribution < 1.29 is 0 Å². The first-order chi connectivity index (χ1) is 8.52. The molecule has 0 aliphatic rings. The first-order valence-corrected chi connectivity index (χ1v) is 6.55. The molecule has 0 aromatic heterocycles. The van der Waals surface area contributed by atoms with E-state index in [0.29, 0.717) is 12.0 Å². The molecular weight excluding hydrogens is 349 g/mol. The third kappa shape index (κ3) is 6.80. The second kappa shape index (κ2) is 9.18. The number of hydrogen-bond donors (Lipinski definition) is 2. The Morgan fingerprint density at radius 3 is 2.21 bits per heavy atom. The molecule has 0 spiro atoms. The highest BCUT2D eigenvalue weighted by Gasteiger charge is 2.08. The molecule has 0 aliphatic heterocycles.